The second kappa shape index (κ2) is 5.26. The number of nitrogens with zero attached hydrogens (tertiary/aromatic N) is 1. The van der Waals surface area contributed by atoms with Gasteiger partial charge in [-0.3, -0.25) is 4.79 Å². The summed E-state index contributed by atoms with van der Waals surface area (Å²) in [5.74, 6) is -0.242. The Morgan fingerprint density at radius 1 is 1.32 bits per heavy atom. The van der Waals surface area contributed by atoms with Crippen LogP contribution in [0.1, 0.15) is 37.8 Å². The molecule has 1 aliphatic rings. The minimum Gasteiger partial charge on any atom is -0.389 e. The van der Waals surface area contributed by atoms with Crippen molar-refractivity contribution in [3.8, 4) is 0 Å². The van der Waals surface area contributed by atoms with E-state index >= 15 is 0 Å². The maximum absolute atomic E-state index is 12.8. The van der Waals surface area contributed by atoms with E-state index in [4.69, 9.17) is 0 Å². The number of halogens is 3. The van der Waals surface area contributed by atoms with E-state index in [0.29, 0.717) is 18.4 Å². The Balaban J connectivity index is 2.26. The molecule has 1 saturated carbocycles. The summed E-state index contributed by atoms with van der Waals surface area (Å²) in [5, 5.41) is 9.80. The lowest BCUT2D eigenvalue weighted by atomic mass is 9.92. The van der Waals surface area contributed by atoms with E-state index in [2.05, 4.69) is 0 Å². The molecule has 0 aliphatic heterocycles. The lowest BCUT2D eigenvalue weighted by Gasteiger charge is -2.29. The zero-order valence-electron chi connectivity index (χ0n) is 12.9. The Hall–Kier alpha value is -1.56. The molecule has 1 aromatic rings. The number of rotatable bonds is 4. The van der Waals surface area contributed by atoms with E-state index in [1.807, 2.05) is 0 Å². The van der Waals surface area contributed by atoms with Crippen LogP contribution in [0.4, 0.5) is 13.2 Å². The van der Waals surface area contributed by atoms with Gasteiger partial charge >= 0.3 is 6.18 Å². The molecule has 0 spiro atoms. The predicted octanol–water partition coefficient (Wildman–Crippen LogP) is 2.97. The third kappa shape index (κ3) is 3.43. The lowest BCUT2D eigenvalue weighted by Crippen LogP contribution is -2.44. The number of alkyl halides is 3. The maximum atomic E-state index is 12.8. The van der Waals surface area contributed by atoms with Crippen LogP contribution in [0.25, 0.3) is 0 Å². The molecule has 3 nitrogen and oxygen atoms in total. The van der Waals surface area contributed by atoms with E-state index in [1.165, 1.54) is 11.0 Å². The monoisotopic (exact) mass is 315 g/mol. The van der Waals surface area contributed by atoms with Crippen LogP contribution in [-0.4, -0.2) is 35.1 Å². The zero-order valence-corrected chi connectivity index (χ0v) is 12.9. The van der Waals surface area contributed by atoms with Crippen molar-refractivity contribution in [2.45, 2.75) is 43.9 Å². The number of carbonyl (C=O) groups excluding carboxylic acids is 1. The summed E-state index contributed by atoms with van der Waals surface area (Å²) in [7, 11) is 1.56. The van der Waals surface area contributed by atoms with E-state index < -0.39 is 22.8 Å². The normalized spacial score (nSPS) is 17.2. The molecule has 0 bridgehead atoms. The quantitative estimate of drug-likeness (QED) is 0.928. The van der Waals surface area contributed by atoms with Crippen LogP contribution in [0.5, 0.6) is 0 Å². The lowest BCUT2D eigenvalue weighted by molar-refractivity contribution is -0.138. The first kappa shape index (κ1) is 16.8. The fourth-order valence-electron chi connectivity index (χ4n) is 2.76. The number of hydrogen-bond donors (Lipinski definition) is 1. The summed E-state index contributed by atoms with van der Waals surface area (Å²) < 4.78 is 38.5. The van der Waals surface area contributed by atoms with Gasteiger partial charge in [0.15, 0.2) is 0 Å². The van der Waals surface area contributed by atoms with Gasteiger partial charge < -0.3 is 10.0 Å². The summed E-state index contributed by atoms with van der Waals surface area (Å²) in [6, 6.07) is 4.97. The van der Waals surface area contributed by atoms with Crippen LogP contribution in [0.2, 0.25) is 0 Å². The molecule has 1 aliphatic carbocycles. The standard InChI is InChI=1S/C16H20F3NO2/c1-14(2,22)10-20(3)13(21)15(7-8-15)11-5-4-6-12(9-11)16(17,18)19/h4-6,9,22H,7-8,10H2,1-3H3. The van der Waals surface area contributed by atoms with Crippen LogP contribution in [-0.2, 0) is 16.4 Å². The van der Waals surface area contributed by atoms with Crippen LogP contribution in [0, 0.1) is 0 Å². The van der Waals surface area contributed by atoms with Gasteiger partial charge in [0.2, 0.25) is 5.91 Å². The summed E-state index contributed by atoms with van der Waals surface area (Å²) >= 11 is 0. The van der Waals surface area contributed by atoms with Gasteiger partial charge in [-0.25, -0.2) is 0 Å². The van der Waals surface area contributed by atoms with Crippen molar-refractivity contribution in [1.29, 1.82) is 0 Å². The Morgan fingerprint density at radius 3 is 2.36 bits per heavy atom. The van der Waals surface area contributed by atoms with Crippen LogP contribution in [0.15, 0.2) is 24.3 Å². The number of hydrogen-bond acceptors (Lipinski definition) is 2. The summed E-state index contributed by atoms with van der Waals surface area (Å²) in [6.45, 7) is 3.30. The van der Waals surface area contributed by atoms with Gasteiger partial charge in [0.1, 0.15) is 0 Å². The van der Waals surface area contributed by atoms with Gasteiger partial charge in [-0.1, -0.05) is 18.2 Å². The average Bonchev–Trinajstić information content (AvgIpc) is 3.16. The summed E-state index contributed by atoms with van der Waals surface area (Å²) in [4.78, 5) is 14.0. The second-order valence-corrected chi connectivity index (χ2v) is 6.63. The van der Waals surface area contributed by atoms with E-state index in [9.17, 15) is 23.1 Å². The van der Waals surface area contributed by atoms with Crippen LogP contribution < -0.4 is 0 Å². The molecule has 122 valence electrons. The van der Waals surface area contributed by atoms with Gasteiger partial charge in [-0.2, -0.15) is 13.2 Å². The molecule has 22 heavy (non-hydrogen) atoms. The van der Waals surface area contributed by atoms with E-state index in [1.54, 1.807) is 27.0 Å². The number of amides is 1. The van der Waals surface area contributed by atoms with Crippen LogP contribution in [0.3, 0.4) is 0 Å². The highest BCUT2D eigenvalue weighted by Gasteiger charge is 2.53. The Bertz CT molecular complexity index is 571. The van der Waals surface area contributed by atoms with E-state index in [-0.39, 0.29) is 12.5 Å². The molecule has 0 heterocycles. The minimum absolute atomic E-state index is 0.131. The number of carbonyl (C=O) groups is 1. The third-order valence-electron chi connectivity index (χ3n) is 3.87. The number of likely N-dealkylation sites (N-methyl/N-ethyl adjacent to an activating group) is 1. The highest BCUT2D eigenvalue weighted by Crippen LogP contribution is 2.50. The molecule has 1 aromatic carbocycles. The summed E-state index contributed by atoms with van der Waals surface area (Å²) in [5.41, 5.74) is -2.26. The highest BCUT2D eigenvalue weighted by atomic mass is 19.4. The Kier molecular flexibility index (Phi) is 4.02. The van der Waals surface area contributed by atoms with Gasteiger partial charge in [-0.05, 0) is 38.3 Å². The fourth-order valence-corrected chi connectivity index (χ4v) is 2.76. The molecule has 1 amide bonds. The fraction of sp³-hybridized carbons (Fsp3) is 0.562. The van der Waals surface area contributed by atoms with Crippen molar-refractivity contribution in [2.75, 3.05) is 13.6 Å². The molecule has 1 fully saturated rings. The smallest absolute Gasteiger partial charge is 0.389 e. The average molecular weight is 315 g/mol. The van der Waals surface area contributed by atoms with Crippen molar-refractivity contribution < 1.29 is 23.1 Å². The first-order valence-corrected chi connectivity index (χ1v) is 7.11. The van der Waals surface area contributed by atoms with E-state index in [0.717, 1.165) is 12.1 Å². The molecular weight excluding hydrogens is 295 g/mol. The molecule has 0 radical (unpaired) electrons. The van der Waals surface area contributed by atoms with Crippen molar-refractivity contribution in [3.63, 3.8) is 0 Å². The molecule has 0 unspecified atom stereocenters. The molecule has 6 heteroatoms. The highest BCUT2D eigenvalue weighted by molar-refractivity contribution is 5.91. The zero-order chi connectivity index (χ0) is 16.8. The van der Waals surface area contributed by atoms with Crippen molar-refractivity contribution in [1.82, 2.24) is 4.90 Å². The van der Waals surface area contributed by atoms with Gasteiger partial charge in [0.25, 0.3) is 0 Å². The Labute approximate surface area is 127 Å². The molecule has 2 rings (SSSR count). The maximum Gasteiger partial charge on any atom is 0.416 e. The predicted molar refractivity (Wildman–Crippen MR) is 76.3 cm³/mol. The van der Waals surface area contributed by atoms with Gasteiger partial charge in [0, 0.05) is 13.6 Å². The van der Waals surface area contributed by atoms with Crippen molar-refractivity contribution in [2.24, 2.45) is 0 Å². The molecule has 0 saturated heterocycles. The molecule has 0 aromatic heterocycles. The van der Waals surface area contributed by atoms with Crippen LogP contribution >= 0.6 is 0 Å². The SMILES string of the molecule is CN(CC(C)(C)O)C(=O)C1(c2cccc(C(F)(F)F)c2)CC1. The topological polar surface area (TPSA) is 40.5 Å². The molecule has 1 N–H and O–H groups in total. The third-order valence-corrected chi connectivity index (χ3v) is 3.87. The minimum atomic E-state index is -4.42. The van der Waals surface area contributed by atoms with Crippen molar-refractivity contribution >= 4 is 5.91 Å². The second-order valence-electron chi connectivity index (χ2n) is 6.63. The molecule has 0 atom stereocenters. The number of aliphatic hydroxyl groups is 1. The largest absolute Gasteiger partial charge is 0.416 e. The first-order valence-electron chi connectivity index (χ1n) is 7.11. The molecular formula is C16H20F3NO2. The number of benzene rings is 1. The van der Waals surface area contributed by atoms with Gasteiger partial charge in [-0.15, -0.1) is 0 Å². The van der Waals surface area contributed by atoms with Crippen molar-refractivity contribution in [3.05, 3.63) is 35.4 Å². The van der Waals surface area contributed by atoms with Gasteiger partial charge in [0.05, 0.1) is 16.6 Å². The first-order chi connectivity index (χ1) is 9.96. The summed E-state index contributed by atoms with van der Waals surface area (Å²) in [6.07, 6.45) is -3.36. The Morgan fingerprint density at radius 2 is 1.91 bits per heavy atom.